The molecule has 1 aromatic carbocycles. The van der Waals surface area contributed by atoms with E-state index in [1.54, 1.807) is 0 Å². The molecule has 2 N–H and O–H groups in total. The number of halogens is 6. The Morgan fingerprint density at radius 2 is 1.85 bits per heavy atom. The summed E-state index contributed by atoms with van der Waals surface area (Å²) in [6.07, 6.45) is -5.65. The predicted octanol–water partition coefficient (Wildman–Crippen LogP) is 3.69. The first-order valence-electron chi connectivity index (χ1n) is 5.15. The maximum Gasteiger partial charge on any atom is 0.455 e. The number of rotatable bonds is 5. The molecule has 0 aromatic heterocycles. The fourth-order valence-corrected chi connectivity index (χ4v) is 1.55. The monoisotopic (exact) mass is 333 g/mol. The van der Waals surface area contributed by atoms with Crippen molar-refractivity contribution in [1.82, 2.24) is 0 Å². The molecule has 0 aliphatic carbocycles. The molecule has 0 saturated heterocycles. The summed E-state index contributed by atoms with van der Waals surface area (Å²) in [4.78, 5) is 0.0861. The molecule has 0 aliphatic heterocycles. The minimum Gasteiger partial charge on any atom is -0.389 e. The van der Waals surface area contributed by atoms with Gasteiger partial charge in [0.05, 0.1) is 6.61 Å². The summed E-state index contributed by atoms with van der Waals surface area (Å²) in [6, 6.07) is 4.24. The van der Waals surface area contributed by atoms with Crippen LogP contribution in [0.25, 0.3) is 0 Å². The Morgan fingerprint density at radius 3 is 2.30 bits per heavy atom. The third-order valence-corrected chi connectivity index (χ3v) is 2.88. The quantitative estimate of drug-likeness (QED) is 0.659. The van der Waals surface area contributed by atoms with Gasteiger partial charge in [-0.3, -0.25) is 0 Å². The van der Waals surface area contributed by atoms with Crippen LogP contribution >= 0.6 is 23.8 Å². The largest absolute Gasteiger partial charge is 0.455 e. The number of thiocarbonyl (C=S) groups is 1. The maximum absolute atomic E-state index is 12.6. The molecule has 9 heteroatoms. The van der Waals surface area contributed by atoms with Crippen molar-refractivity contribution >= 4 is 28.8 Å². The summed E-state index contributed by atoms with van der Waals surface area (Å²) in [5, 5.41) is 0.116. The highest BCUT2D eigenvalue weighted by Gasteiger charge is 2.57. The van der Waals surface area contributed by atoms with E-state index in [9.17, 15) is 22.0 Å². The van der Waals surface area contributed by atoms with Crippen LogP contribution in [0.3, 0.4) is 0 Å². The normalized spacial score (nSPS) is 12.5. The third kappa shape index (κ3) is 4.26. The van der Waals surface area contributed by atoms with Crippen molar-refractivity contribution in [2.45, 2.75) is 18.7 Å². The first kappa shape index (κ1) is 17.1. The van der Waals surface area contributed by atoms with Crippen LogP contribution in [0, 0.1) is 0 Å². The van der Waals surface area contributed by atoms with Crippen LogP contribution in [0.1, 0.15) is 11.1 Å². The van der Waals surface area contributed by atoms with Gasteiger partial charge in [-0.25, -0.2) is 0 Å². The van der Waals surface area contributed by atoms with Crippen molar-refractivity contribution in [2.24, 2.45) is 5.73 Å². The molecular weight excluding hydrogens is 325 g/mol. The summed E-state index contributed by atoms with van der Waals surface area (Å²) in [5.41, 5.74) is 6.06. The summed E-state index contributed by atoms with van der Waals surface area (Å²) in [7, 11) is 0. The molecule has 0 spiro atoms. The first-order valence-corrected chi connectivity index (χ1v) is 5.94. The van der Waals surface area contributed by atoms with Crippen molar-refractivity contribution in [3.05, 3.63) is 34.3 Å². The van der Waals surface area contributed by atoms with E-state index in [4.69, 9.17) is 29.6 Å². The van der Waals surface area contributed by atoms with Gasteiger partial charge in [0.2, 0.25) is 0 Å². The number of hydrogen-bond acceptors (Lipinski definition) is 2. The molecule has 2 nitrogen and oxygen atoms in total. The van der Waals surface area contributed by atoms with Gasteiger partial charge in [-0.05, 0) is 11.6 Å². The predicted molar refractivity (Wildman–Crippen MR) is 68.0 cm³/mol. The molecule has 0 radical (unpaired) electrons. The standard InChI is InChI=1S/C11H9ClF5NOS/c12-8-3-6(9(18)20)1-2-7(8)4-19-5-10(13,14)11(15,16)17/h1-3H,4-5H2,(H2,18,20). The van der Waals surface area contributed by atoms with Crippen LogP contribution in [-0.4, -0.2) is 23.7 Å². The number of alkyl halides is 5. The second kappa shape index (κ2) is 6.19. The van der Waals surface area contributed by atoms with Crippen molar-refractivity contribution in [2.75, 3.05) is 6.61 Å². The fraction of sp³-hybridized carbons (Fsp3) is 0.364. The Morgan fingerprint density at radius 1 is 1.25 bits per heavy atom. The van der Waals surface area contributed by atoms with E-state index in [1.807, 2.05) is 0 Å². The molecule has 112 valence electrons. The SMILES string of the molecule is NC(=S)c1ccc(COCC(F)(F)C(F)(F)F)c(Cl)c1. The zero-order valence-electron chi connectivity index (χ0n) is 9.81. The van der Waals surface area contributed by atoms with E-state index < -0.39 is 25.3 Å². The highest BCUT2D eigenvalue weighted by Crippen LogP contribution is 2.35. The first-order chi connectivity index (χ1) is 9.04. The minimum atomic E-state index is -5.65. The Kier molecular flexibility index (Phi) is 5.28. The maximum atomic E-state index is 12.6. The van der Waals surface area contributed by atoms with Crippen molar-refractivity contribution < 1.29 is 26.7 Å². The fourth-order valence-electron chi connectivity index (χ4n) is 1.19. The van der Waals surface area contributed by atoms with Crippen molar-refractivity contribution in [3.8, 4) is 0 Å². The summed E-state index contributed by atoms with van der Waals surface area (Å²) < 4.78 is 65.2. The van der Waals surface area contributed by atoms with Crippen LogP contribution in [0.2, 0.25) is 5.02 Å². The molecule has 0 aliphatic rings. The topological polar surface area (TPSA) is 35.2 Å². The van der Waals surface area contributed by atoms with Crippen LogP contribution in [0.15, 0.2) is 18.2 Å². The van der Waals surface area contributed by atoms with Crippen LogP contribution in [-0.2, 0) is 11.3 Å². The molecule has 1 rings (SSSR count). The summed E-state index contributed by atoms with van der Waals surface area (Å²) in [6.45, 7) is -2.26. The number of hydrogen-bond donors (Lipinski definition) is 1. The van der Waals surface area contributed by atoms with Gasteiger partial charge >= 0.3 is 12.1 Å². The highest BCUT2D eigenvalue weighted by molar-refractivity contribution is 7.80. The van der Waals surface area contributed by atoms with Gasteiger partial charge in [0.15, 0.2) is 0 Å². The van der Waals surface area contributed by atoms with Gasteiger partial charge < -0.3 is 10.5 Å². The average Bonchev–Trinajstić information content (AvgIpc) is 2.29. The zero-order chi connectivity index (χ0) is 15.6. The molecule has 1 aromatic rings. The Bertz CT molecular complexity index is 506. The van der Waals surface area contributed by atoms with E-state index in [2.05, 4.69) is 4.74 Å². The number of benzene rings is 1. The van der Waals surface area contributed by atoms with E-state index >= 15 is 0 Å². The molecule has 0 fully saturated rings. The Labute approximate surface area is 121 Å². The molecule has 0 unspecified atom stereocenters. The van der Waals surface area contributed by atoms with Gasteiger partial charge in [0.25, 0.3) is 0 Å². The number of ether oxygens (including phenoxy) is 1. The van der Waals surface area contributed by atoms with E-state index in [0.717, 1.165) is 0 Å². The second-order valence-corrected chi connectivity index (χ2v) is 4.71. The van der Waals surface area contributed by atoms with Gasteiger partial charge in [0, 0.05) is 10.6 Å². The second-order valence-electron chi connectivity index (χ2n) is 3.87. The van der Waals surface area contributed by atoms with Crippen LogP contribution < -0.4 is 5.73 Å². The van der Waals surface area contributed by atoms with E-state index in [-0.39, 0.29) is 15.6 Å². The van der Waals surface area contributed by atoms with Gasteiger partial charge in [-0.15, -0.1) is 0 Å². The van der Waals surface area contributed by atoms with Gasteiger partial charge in [-0.2, -0.15) is 22.0 Å². The average molecular weight is 334 g/mol. The summed E-state index contributed by atoms with van der Waals surface area (Å²) >= 11 is 10.5. The smallest absolute Gasteiger partial charge is 0.389 e. The van der Waals surface area contributed by atoms with Crippen LogP contribution in [0.5, 0.6) is 0 Å². The van der Waals surface area contributed by atoms with E-state index in [1.165, 1.54) is 18.2 Å². The Hall–Kier alpha value is -0.990. The van der Waals surface area contributed by atoms with Gasteiger partial charge in [-0.1, -0.05) is 36.0 Å². The molecule has 0 atom stereocenters. The summed E-state index contributed by atoms with van der Waals surface area (Å²) in [5.74, 6) is -4.90. The molecule has 0 saturated carbocycles. The van der Waals surface area contributed by atoms with Gasteiger partial charge in [0.1, 0.15) is 11.6 Å². The third-order valence-electron chi connectivity index (χ3n) is 2.29. The molecule has 20 heavy (non-hydrogen) atoms. The van der Waals surface area contributed by atoms with E-state index in [0.29, 0.717) is 5.56 Å². The Balaban J connectivity index is 2.66. The van der Waals surface area contributed by atoms with Crippen LogP contribution in [0.4, 0.5) is 22.0 Å². The highest BCUT2D eigenvalue weighted by atomic mass is 35.5. The lowest BCUT2D eigenvalue weighted by Gasteiger charge is -2.19. The molecule has 0 amide bonds. The lowest BCUT2D eigenvalue weighted by atomic mass is 10.1. The molecule has 0 heterocycles. The molecular formula is C11H9ClF5NOS. The number of nitrogens with two attached hydrogens (primary N) is 1. The minimum absolute atomic E-state index is 0.0861. The lowest BCUT2D eigenvalue weighted by Crippen LogP contribution is -2.40. The zero-order valence-corrected chi connectivity index (χ0v) is 11.4. The van der Waals surface area contributed by atoms with Crippen molar-refractivity contribution in [1.29, 1.82) is 0 Å². The lowest BCUT2D eigenvalue weighted by molar-refractivity contribution is -0.297. The van der Waals surface area contributed by atoms with Crippen molar-refractivity contribution in [3.63, 3.8) is 0 Å². The molecule has 0 bridgehead atoms.